The number of rotatable bonds is 3. The van der Waals surface area contributed by atoms with E-state index in [1.54, 1.807) is 6.07 Å². The molecule has 2 aliphatic rings. The standard InChI is InChI=1S/C22H24N6O2/c1-27-12-10-22(11-13-27)14-18(16-6-3-5-9-20(16)30-22)24-21(29)17-7-2-4-8-19(17)28-15-23-25-26-28/h2-9,15,18H,10-14H2,1H3,(H,24,29). The van der Waals surface area contributed by atoms with Crippen molar-refractivity contribution in [2.24, 2.45) is 0 Å². The van der Waals surface area contributed by atoms with Gasteiger partial charge in [0.1, 0.15) is 17.7 Å². The van der Waals surface area contributed by atoms with Gasteiger partial charge in [-0.15, -0.1) is 5.10 Å². The van der Waals surface area contributed by atoms with E-state index >= 15 is 0 Å². The summed E-state index contributed by atoms with van der Waals surface area (Å²) in [6.07, 6.45) is 4.15. The van der Waals surface area contributed by atoms with Crippen molar-refractivity contribution in [2.75, 3.05) is 20.1 Å². The quantitative estimate of drug-likeness (QED) is 0.722. The van der Waals surface area contributed by atoms with Crippen molar-refractivity contribution in [3.8, 4) is 11.4 Å². The number of fused-ring (bicyclic) bond motifs is 1. The van der Waals surface area contributed by atoms with Crippen LogP contribution in [0.5, 0.6) is 5.75 Å². The van der Waals surface area contributed by atoms with Gasteiger partial charge in [-0.25, -0.2) is 0 Å². The average Bonchev–Trinajstić information content (AvgIpc) is 3.31. The number of carbonyl (C=O) groups excluding carboxylic acids is 1. The predicted molar refractivity (Wildman–Crippen MR) is 111 cm³/mol. The molecule has 1 spiro atoms. The lowest BCUT2D eigenvalue weighted by atomic mass is 9.80. The molecule has 2 aliphatic heterocycles. The molecule has 1 atom stereocenters. The van der Waals surface area contributed by atoms with E-state index in [9.17, 15) is 4.79 Å². The maximum absolute atomic E-state index is 13.3. The highest BCUT2D eigenvalue weighted by Gasteiger charge is 2.43. The Morgan fingerprint density at radius 1 is 1.13 bits per heavy atom. The van der Waals surface area contributed by atoms with Gasteiger partial charge in [-0.05, 0) is 48.5 Å². The van der Waals surface area contributed by atoms with Crippen LogP contribution in [0.4, 0.5) is 0 Å². The minimum absolute atomic E-state index is 0.118. The van der Waals surface area contributed by atoms with Crippen molar-refractivity contribution in [3.05, 3.63) is 66.0 Å². The van der Waals surface area contributed by atoms with Gasteiger partial charge in [0.2, 0.25) is 0 Å². The van der Waals surface area contributed by atoms with E-state index in [4.69, 9.17) is 4.74 Å². The van der Waals surface area contributed by atoms with Crippen molar-refractivity contribution >= 4 is 5.91 Å². The molecule has 0 bridgehead atoms. The first-order chi connectivity index (χ1) is 14.6. The van der Waals surface area contributed by atoms with Crippen LogP contribution in [0.3, 0.4) is 0 Å². The molecule has 2 aromatic carbocycles. The van der Waals surface area contributed by atoms with Gasteiger partial charge in [0.15, 0.2) is 0 Å². The number of likely N-dealkylation sites (tertiary alicyclic amines) is 1. The molecule has 1 unspecified atom stereocenters. The average molecular weight is 404 g/mol. The fourth-order valence-corrected chi connectivity index (χ4v) is 4.45. The van der Waals surface area contributed by atoms with Crippen LogP contribution in [0.1, 0.15) is 41.2 Å². The third kappa shape index (κ3) is 3.43. The van der Waals surface area contributed by atoms with E-state index < -0.39 is 0 Å². The topological polar surface area (TPSA) is 85.2 Å². The molecule has 0 saturated carbocycles. The Morgan fingerprint density at radius 3 is 2.70 bits per heavy atom. The van der Waals surface area contributed by atoms with Crippen LogP contribution in [0.15, 0.2) is 54.9 Å². The number of benzene rings is 2. The summed E-state index contributed by atoms with van der Waals surface area (Å²) in [4.78, 5) is 15.6. The van der Waals surface area contributed by atoms with E-state index in [0.717, 1.165) is 43.7 Å². The Labute approximate surface area is 174 Å². The summed E-state index contributed by atoms with van der Waals surface area (Å²) in [5, 5.41) is 14.6. The SMILES string of the molecule is CN1CCC2(CC1)CC(NC(=O)c1ccccc1-n1cnnn1)c1ccccc1O2. The van der Waals surface area contributed by atoms with Crippen LogP contribution in [0, 0.1) is 0 Å². The van der Waals surface area contributed by atoms with Gasteiger partial charge < -0.3 is 15.0 Å². The Hall–Kier alpha value is -3.26. The summed E-state index contributed by atoms with van der Waals surface area (Å²) in [7, 11) is 2.14. The highest BCUT2D eigenvalue weighted by molar-refractivity contribution is 5.98. The third-order valence-electron chi connectivity index (χ3n) is 6.15. The second-order valence-electron chi connectivity index (χ2n) is 8.13. The largest absolute Gasteiger partial charge is 0.487 e. The number of amides is 1. The second kappa shape index (κ2) is 7.53. The number of ether oxygens (including phenoxy) is 1. The molecule has 30 heavy (non-hydrogen) atoms. The van der Waals surface area contributed by atoms with E-state index in [2.05, 4.69) is 32.8 Å². The van der Waals surface area contributed by atoms with Crippen molar-refractivity contribution in [1.29, 1.82) is 0 Å². The number of nitrogens with zero attached hydrogens (tertiary/aromatic N) is 5. The van der Waals surface area contributed by atoms with Crippen LogP contribution in [-0.4, -0.2) is 56.8 Å². The molecular formula is C22H24N6O2. The summed E-state index contributed by atoms with van der Waals surface area (Å²) in [6.45, 7) is 1.98. The Bertz CT molecular complexity index is 1040. The molecule has 154 valence electrons. The lowest BCUT2D eigenvalue weighted by Crippen LogP contribution is -2.51. The second-order valence-corrected chi connectivity index (χ2v) is 8.13. The molecule has 1 N–H and O–H groups in total. The first-order valence-electron chi connectivity index (χ1n) is 10.2. The molecule has 3 heterocycles. The summed E-state index contributed by atoms with van der Waals surface area (Å²) < 4.78 is 8.01. The molecule has 1 aromatic heterocycles. The van der Waals surface area contributed by atoms with Gasteiger partial charge in [0.25, 0.3) is 5.91 Å². The fraction of sp³-hybridized carbons (Fsp3) is 0.364. The number of tetrazole rings is 1. The van der Waals surface area contributed by atoms with E-state index in [0.29, 0.717) is 11.3 Å². The molecule has 0 radical (unpaired) electrons. The molecule has 3 aromatic rings. The number of hydrogen-bond acceptors (Lipinski definition) is 6. The van der Waals surface area contributed by atoms with Crippen LogP contribution in [-0.2, 0) is 0 Å². The number of aromatic nitrogens is 4. The molecule has 8 nitrogen and oxygen atoms in total. The first kappa shape index (κ1) is 18.7. The Morgan fingerprint density at radius 2 is 1.90 bits per heavy atom. The van der Waals surface area contributed by atoms with E-state index in [-0.39, 0.29) is 17.6 Å². The Kier molecular flexibility index (Phi) is 4.71. The molecule has 1 saturated heterocycles. The lowest BCUT2D eigenvalue weighted by Gasteiger charge is -2.46. The third-order valence-corrected chi connectivity index (χ3v) is 6.15. The number of carbonyl (C=O) groups is 1. The van der Waals surface area contributed by atoms with Gasteiger partial charge in [-0.3, -0.25) is 4.79 Å². The van der Waals surface area contributed by atoms with Crippen LogP contribution < -0.4 is 10.1 Å². The van der Waals surface area contributed by atoms with Crippen LogP contribution in [0.2, 0.25) is 0 Å². The van der Waals surface area contributed by atoms with Crippen molar-refractivity contribution in [1.82, 2.24) is 30.4 Å². The molecule has 5 rings (SSSR count). The summed E-state index contributed by atoms with van der Waals surface area (Å²) in [5.74, 6) is 0.721. The number of piperidine rings is 1. The van der Waals surface area contributed by atoms with Crippen LogP contribution >= 0.6 is 0 Å². The molecular weight excluding hydrogens is 380 g/mol. The number of para-hydroxylation sites is 2. The fourth-order valence-electron chi connectivity index (χ4n) is 4.45. The zero-order valence-corrected chi connectivity index (χ0v) is 16.9. The van der Waals surface area contributed by atoms with Gasteiger partial charge in [0, 0.05) is 25.1 Å². The summed E-state index contributed by atoms with van der Waals surface area (Å²) >= 11 is 0. The predicted octanol–water partition coefficient (Wildman–Crippen LogP) is 2.38. The minimum Gasteiger partial charge on any atom is -0.487 e. The van der Waals surface area contributed by atoms with Gasteiger partial charge in [-0.2, -0.15) is 4.68 Å². The van der Waals surface area contributed by atoms with Crippen molar-refractivity contribution < 1.29 is 9.53 Å². The minimum atomic E-state index is -0.242. The maximum atomic E-state index is 13.3. The zero-order valence-electron chi connectivity index (χ0n) is 16.9. The monoisotopic (exact) mass is 404 g/mol. The maximum Gasteiger partial charge on any atom is 0.253 e. The molecule has 0 aliphatic carbocycles. The van der Waals surface area contributed by atoms with Gasteiger partial charge in [-0.1, -0.05) is 30.3 Å². The Balaban J connectivity index is 1.45. The van der Waals surface area contributed by atoms with Crippen molar-refractivity contribution in [3.63, 3.8) is 0 Å². The van der Waals surface area contributed by atoms with E-state index in [1.807, 2.05) is 42.5 Å². The van der Waals surface area contributed by atoms with Gasteiger partial charge >= 0.3 is 0 Å². The normalized spacial score (nSPS) is 20.4. The summed E-state index contributed by atoms with van der Waals surface area (Å²) in [5.41, 5.74) is 1.96. The summed E-state index contributed by atoms with van der Waals surface area (Å²) in [6, 6.07) is 15.2. The lowest BCUT2D eigenvalue weighted by molar-refractivity contribution is -0.0195. The first-order valence-corrected chi connectivity index (χ1v) is 10.2. The molecule has 1 amide bonds. The number of hydrogen-bond donors (Lipinski definition) is 1. The van der Waals surface area contributed by atoms with Crippen LogP contribution in [0.25, 0.3) is 5.69 Å². The smallest absolute Gasteiger partial charge is 0.253 e. The van der Waals surface area contributed by atoms with Crippen molar-refractivity contribution in [2.45, 2.75) is 30.9 Å². The molecule has 1 fully saturated rings. The number of nitrogens with one attached hydrogen (secondary N) is 1. The zero-order chi connectivity index (χ0) is 20.6. The highest BCUT2D eigenvalue weighted by atomic mass is 16.5. The van der Waals surface area contributed by atoms with Gasteiger partial charge in [0.05, 0.1) is 17.3 Å². The molecule has 8 heteroatoms. The highest BCUT2D eigenvalue weighted by Crippen LogP contribution is 2.44. The van der Waals surface area contributed by atoms with E-state index in [1.165, 1.54) is 11.0 Å².